The molecular weight excluding hydrogens is 1730 g/mol. The molecule has 3 aliphatic heterocycles. The van der Waals surface area contributed by atoms with Crippen LogP contribution in [0.3, 0.4) is 0 Å². The first-order valence-corrected chi connectivity index (χ1v) is 47.3. The number of rotatable bonds is 8. The molecule has 0 atom stereocenters. The molecule has 0 N–H and O–H groups in total. The average molecular weight is 1810 g/mol. The first-order chi connectivity index (χ1) is 69.8. The van der Waals surface area contributed by atoms with E-state index in [9.17, 15) is 0 Å². The number of nitrogens with zero attached hydrogens (tertiary/aromatic N) is 6. The molecule has 0 saturated carbocycles. The van der Waals surface area contributed by atoms with Gasteiger partial charge in [-0.15, -0.1) is 0 Å². The van der Waals surface area contributed by atoms with Crippen LogP contribution in [0.15, 0.2) is 465 Å². The van der Waals surface area contributed by atoms with E-state index in [0.717, 1.165) is 200 Å². The summed E-state index contributed by atoms with van der Waals surface area (Å²) in [5.41, 5.74) is 23.4. The van der Waals surface area contributed by atoms with E-state index in [-0.39, 0.29) is 0 Å². The number of hydrogen-bond acceptors (Lipinski definition) is 9. The highest BCUT2D eigenvalue weighted by Gasteiger charge is 2.29. The van der Waals surface area contributed by atoms with E-state index in [1.165, 1.54) is 48.9 Å². The SMILES string of the molecule is c1ccc(-c2nc(-n3c4ccccc4c4ccc(-c5ccc6c(c5)Oc5cc7ccccc7cc5O6)cc43)nc3ccccc23)cc1.c1ccc(-n2c3ccccc3c3cc(-n4c5ccccc5c5ccc(-c6ccc7c(c6)Oc6cc8ccccc8cc6O7)cc54)ccc32)cc1.c1ccc2cc3c(cc2c1)Oc1ccc(-c2ccc4c5ccccc5n(-c5cccc6c5oc5ccccc56)c4c2)cc1O3. The summed E-state index contributed by atoms with van der Waals surface area (Å²) in [6.07, 6.45) is 0. The molecule has 0 radical (unpaired) electrons. The fourth-order valence-corrected chi connectivity index (χ4v) is 21.4. The van der Waals surface area contributed by atoms with Crippen LogP contribution in [0.2, 0.25) is 0 Å². The second-order valence-corrected chi connectivity index (χ2v) is 36.2. The largest absolute Gasteiger partial charge is 0.454 e. The molecule has 3 aliphatic rings. The summed E-state index contributed by atoms with van der Waals surface area (Å²) < 4.78 is 54.0. The topological polar surface area (TPSA) is 114 Å². The lowest BCUT2D eigenvalue weighted by molar-refractivity contribution is 0.360. The Hall–Kier alpha value is -19.2. The number of benzene rings is 22. The molecule has 0 unspecified atom stereocenters. The predicted molar refractivity (Wildman–Crippen MR) is 571 cm³/mol. The molecule has 13 heteroatoms. The van der Waals surface area contributed by atoms with Gasteiger partial charge in [0.15, 0.2) is 74.6 Å². The van der Waals surface area contributed by atoms with Gasteiger partial charge in [-0.05, 0) is 229 Å². The highest BCUT2D eigenvalue weighted by molar-refractivity contribution is 6.16. The second kappa shape index (κ2) is 31.7. The van der Waals surface area contributed by atoms with Gasteiger partial charge < -0.3 is 46.5 Å². The van der Waals surface area contributed by atoms with E-state index in [0.29, 0.717) is 40.4 Å². The van der Waals surface area contributed by atoms with Gasteiger partial charge in [0.1, 0.15) is 5.58 Å². The molecule has 0 aliphatic carbocycles. The first-order valence-electron chi connectivity index (χ1n) is 47.3. The van der Waals surface area contributed by atoms with Gasteiger partial charge in [0, 0.05) is 76.2 Å². The van der Waals surface area contributed by atoms with Gasteiger partial charge in [-0.2, -0.15) is 0 Å². The molecule has 660 valence electrons. The number of ether oxygens (including phenoxy) is 6. The number of hydrogen-bond donors (Lipinski definition) is 0. The first kappa shape index (κ1) is 79.2. The smallest absolute Gasteiger partial charge is 0.235 e. The third-order valence-electron chi connectivity index (χ3n) is 28.0. The van der Waals surface area contributed by atoms with Gasteiger partial charge in [-0.3, -0.25) is 4.57 Å². The molecule has 13 nitrogen and oxygen atoms in total. The molecule has 0 spiro atoms. The van der Waals surface area contributed by atoms with Crippen molar-refractivity contribution in [1.29, 1.82) is 0 Å². The van der Waals surface area contributed by atoms with Crippen molar-refractivity contribution >= 4 is 152 Å². The zero-order chi connectivity index (χ0) is 92.4. The van der Waals surface area contributed by atoms with Gasteiger partial charge in [-0.25, -0.2) is 9.97 Å². The highest BCUT2D eigenvalue weighted by atomic mass is 16.6. The third-order valence-corrected chi connectivity index (χ3v) is 28.0. The van der Waals surface area contributed by atoms with Crippen LogP contribution in [-0.2, 0) is 0 Å². The molecule has 28 aromatic rings. The van der Waals surface area contributed by atoms with Crippen molar-refractivity contribution < 1.29 is 32.8 Å². The number of aromatic nitrogens is 6. The summed E-state index contributed by atoms with van der Waals surface area (Å²) in [5.74, 6) is 9.23. The maximum absolute atomic E-state index is 6.49. The zero-order valence-corrected chi connectivity index (χ0v) is 75.4. The number of para-hydroxylation sites is 8. The van der Waals surface area contributed by atoms with E-state index >= 15 is 0 Å². The van der Waals surface area contributed by atoms with Crippen molar-refractivity contribution in [2.45, 2.75) is 0 Å². The van der Waals surface area contributed by atoms with E-state index in [4.69, 9.17) is 42.8 Å². The van der Waals surface area contributed by atoms with Crippen LogP contribution in [0.5, 0.6) is 69.0 Å². The molecule has 0 bridgehead atoms. The van der Waals surface area contributed by atoms with Gasteiger partial charge in [-0.1, -0.05) is 297 Å². The Balaban J connectivity index is 0.000000101. The minimum absolute atomic E-state index is 0.636. The van der Waals surface area contributed by atoms with Crippen molar-refractivity contribution in [2.24, 2.45) is 0 Å². The average Bonchev–Trinajstić information content (AvgIpc) is 1.60. The molecular formula is C128H76N6O7. The van der Waals surface area contributed by atoms with Crippen molar-refractivity contribution in [3.63, 3.8) is 0 Å². The van der Waals surface area contributed by atoms with Crippen LogP contribution < -0.4 is 28.4 Å². The van der Waals surface area contributed by atoms with Crippen LogP contribution in [0.4, 0.5) is 0 Å². The van der Waals surface area contributed by atoms with Crippen molar-refractivity contribution in [1.82, 2.24) is 28.2 Å². The monoisotopic (exact) mass is 1810 g/mol. The minimum Gasteiger partial charge on any atom is -0.454 e. The Morgan fingerprint density at radius 1 is 0.170 bits per heavy atom. The molecule has 9 heterocycles. The Labute approximate surface area is 805 Å². The minimum atomic E-state index is 0.636. The second-order valence-electron chi connectivity index (χ2n) is 36.2. The zero-order valence-electron chi connectivity index (χ0n) is 75.4. The van der Waals surface area contributed by atoms with Crippen molar-refractivity contribution in [2.75, 3.05) is 0 Å². The van der Waals surface area contributed by atoms with E-state index in [1.54, 1.807) is 0 Å². The lowest BCUT2D eigenvalue weighted by atomic mass is 10.0. The van der Waals surface area contributed by atoms with Gasteiger partial charge in [0.25, 0.3) is 0 Å². The van der Waals surface area contributed by atoms with E-state index < -0.39 is 0 Å². The Morgan fingerprint density at radius 2 is 0.504 bits per heavy atom. The van der Waals surface area contributed by atoms with Crippen molar-refractivity contribution in [3.05, 3.63) is 461 Å². The van der Waals surface area contributed by atoms with Gasteiger partial charge >= 0.3 is 0 Å². The standard InChI is InChI=1S/C46H28N2O2.C42H25N3O2.C40H23NO3/c1-2-12-33(13-3-1)47-40-17-9-7-15-36(40)38-28-34(20-22-41(38)47)48-39-16-8-6-14-35(39)37-21-18-31(24-42(37)48)32-19-23-43-44(27-32)50-46-26-30-11-5-4-10-29(30)25-45(46)49-43;1-2-10-26(11-3-1)41-33-15-6-8-16-34(33)43-42(44-41)45-35-17-9-7-14-31(35)32-20-18-29(22-36(32)45)30-19-21-37-38(25-30)47-40-24-28-13-5-4-12-27(28)23-39(40)46-37;1-2-9-25-22-39-38(21-24(25)8-1)42-36-19-17-27(23-37(36)43-39)26-16-18-29-28-10-3-5-13-32(28)41(34(29)20-26)33-14-7-12-31-30-11-4-6-15-35(30)44-40(31)33/h1-28H;1-25H;1-23H. The molecule has 31 rings (SSSR count). The maximum Gasteiger partial charge on any atom is 0.235 e. The van der Waals surface area contributed by atoms with Crippen LogP contribution in [0.1, 0.15) is 0 Å². The summed E-state index contributed by atoms with van der Waals surface area (Å²) in [7, 11) is 0. The quantitative estimate of drug-likeness (QED) is 0.147. The summed E-state index contributed by atoms with van der Waals surface area (Å²) in [4.78, 5) is 10.4. The number of furan rings is 1. The Morgan fingerprint density at radius 3 is 0.986 bits per heavy atom. The van der Waals surface area contributed by atoms with Gasteiger partial charge in [0.05, 0.1) is 61.0 Å². The summed E-state index contributed by atoms with van der Waals surface area (Å²) in [5, 5.41) is 19.6. The van der Waals surface area contributed by atoms with Gasteiger partial charge in [0.2, 0.25) is 5.95 Å². The Kier molecular flexibility index (Phi) is 17.8. The molecule has 6 aromatic heterocycles. The predicted octanol–water partition coefficient (Wildman–Crippen LogP) is 35.1. The number of fused-ring (bicyclic) bond motifs is 25. The fraction of sp³-hybridized carbons (Fsp3) is 0. The third kappa shape index (κ3) is 13.1. The molecule has 141 heavy (non-hydrogen) atoms. The summed E-state index contributed by atoms with van der Waals surface area (Å²) in [6, 6.07) is 161. The molecule has 0 saturated heterocycles. The lowest BCUT2D eigenvalue weighted by Gasteiger charge is -2.22. The van der Waals surface area contributed by atoms with Crippen LogP contribution >= 0.6 is 0 Å². The molecule has 22 aromatic carbocycles. The highest BCUT2D eigenvalue weighted by Crippen LogP contribution is 2.54. The molecule has 0 amide bonds. The van der Waals surface area contributed by atoms with E-state index in [2.05, 4.69) is 352 Å². The van der Waals surface area contributed by atoms with E-state index in [1.807, 2.05) is 127 Å². The summed E-state index contributed by atoms with van der Waals surface area (Å²) >= 11 is 0. The summed E-state index contributed by atoms with van der Waals surface area (Å²) in [6.45, 7) is 0. The van der Waals surface area contributed by atoms with Crippen LogP contribution in [0.25, 0.3) is 220 Å². The van der Waals surface area contributed by atoms with Crippen LogP contribution in [-0.4, -0.2) is 28.2 Å². The lowest BCUT2D eigenvalue weighted by Crippen LogP contribution is -2.03. The normalized spacial score (nSPS) is 12.3. The fourth-order valence-electron chi connectivity index (χ4n) is 21.4. The van der Waals surface area contributed by atoms with Crippen molar-refractivity contribution in [3.8, 4) is 137 Å². The maximum atomic E-state index is 6.49. The van der Waals surface area contributed by atoms with Crippen LogP contribution in [0, 0.1) is 0 Å². The molecule has 0 fully saturated rings. The Bertz CT molecular complexity index is 10100.